The molecule has 1 N–H and O–H groups in total. The van der Waals surface area contributed by atoms with Gasteiger partial charge in [-0.3, -0.25) is 4.79 Å². The van der Waals surface area contributed by atoms with Crippen LogP contribution < -0.4 is 5.32 Å². The van der Waals surface area contributed by atoms with Gasteiger partial charge in [0.05, 0.1) is 5.56 Å². The monoisotopic (exact) mass is 398 g/mol. The van der Waals surface area contributed by atoms with E-state index >= 15 is 0 Å². The van der Waals surface area contributed by atoms with E-state index in [4.69, 9.17) is 0 Å². The lowest BCUT2D eigenvalue weighted by atomic mass is 9.89. The van der Waals surface area contributed by atoms with Gasteiger partial charge in [-0.05, 0) is 85.4 Å². The molecule has 2 fully saturated rings. The summed E-state index contributed by atoms with van der Waals surface area (Å²) in [6, 6.07) is 10.4. The molecule has 148 valence electrons. The van der Waals surface area contributed by atoms with Gasteiger partial charge >= 0.3 is 0 Å². The first-order valence-electron chi connectivity index (χ1n) is 10.3. The summed E-state index contributed by atoms with van der Waals surface area (Å²) in [6.45, 7) is 0.790. The summed E-state index contributed by atoms with van der Waals surface area (Å²) in [5, 5.41) is 3.94. The van der Waals surface area contributed by atoms with E-state index in [0.717, 1.165) is 47.6 Å². The van der Waals surface area contributed by atoms with E-state index in [-0.39, 0.29) is 11.7 Å². The quantitative estimate of drug-likeness (QED) is 0.496. The molecule has 3 atom stereocenters. The van der Waals surface area contributed by atoms with Gasteiger partial charge in [-0.1, -0.05) is 18.6 Å². The van der Waals surface area contributed by atoms with Crippen LogP contribution in [0.5, 0.6) is 0 Å². The fourth-order valence-corrected chi connectivity index (χ4v) is 5.70. The minimum Gasteiger partial charge on any atom is -0.352 e. The first-order valence-corrected chi connectivity index (χ1v) is 11.3. The van der Waals surface area contributed by atoms with Crippen LogP contribution in [0.2, 0.25) is 0 Å². The number of nitrogens with one attached hydrogen (secondary N) is 1. The molecule has 1 amide bonds. The number of amides is 1. The Morgan fingerprint density at radius 3 is 2.93 bits per heavy atom. The summed E-state index contributed by atoms with van der Waals surface area (Å²) >= 11 is 1.60. The Bertz CT molecular complexity index is 828. The van der Waals surface area contributed by atoms with Gasteiger partial charge in [-0.15, -0.1) is 11.8 Å². The number of aromatic nitrogens is 1. The van der Waals surface area contributed by atoms with Gasteiger partial charge in [0.25, 0.3) is 5.91 Å². The second-order valence-corrected chi connectivity index (χ2v) is 9.17. The highest BCUT2D eigenvalue weighted by Gasteiger charge is 2.39. The molecule has 0 radical (unpaired) electrons. The van der Waals surface area contributed by atoms with Crippen molar-refractivity contribution in [2.75, 3.05) is 12.3 Å². The molecule has 1 heterocycles. The van der Waals surface area contributed by atoms with Gasteiger partial charge in [0.2, 0.25) is 0 Å². The van der Waals surface area contributed by atoms with Crippen LogP contribution in [-0.2, 0) is 6.42 Å². The first kappa shape index (κ1) is 19.4. The van der Waals surface area contributed by atoms with Crippen LogP contribution in [0.1, 0.15) is 48.0 Å². The Morgan fingerprint density at radius 2 is 2.14 bits per heavy atom. The zero-order valence-electron chi connectivity index (χ0n) is 16.1. The SMILES string of the molecule is O=C(NCC1CC2CCC1C2)c1cccnc1SCCCc1cccc(F)c1. The Labute approximate surface area is 170 Å². The molecule has 2 aromatic rings. The number of thioether (sulfide) groups is 1. The molecule has 2 aliphatic rings. The number of pyridine rings is 1. The van der Waals surface area contributed by atoms with Gasteiger partial charge in [0.15, 0.2) is 0 Å². The highest BCUT2D eigenvalue weighted by Crippen LogP contribution is 2.47. The van der Waals surface area contributed by atoms with E-state index < -0.39 is 0 Å². The third-order valence-electron chi connectivity index (χ3n) is 6.16. The third kappa shape index (κ3) is 4.75. The molecule has 3 nitrogen and oxygen atoms in total. The smallest absolute Gasteiger partial charge is 0.254 e. The van der Waals surface area contributed by atoms with Crippen LogP contribution in [0.3, 0.4) is 0 Å². The van der Waals surface area contributed by atoms with Crippen molar-refractivity contribution in [3.8, 4) is 0 Å². The lowest BCUT2D eigenvalue weighted by molar-refractivity contribution is 0.0938. The predicted molar refractivity (Wildman–Crippen MR) is 111 cm³/mol. The molecule has 3 unspecified atom stereocenters. The summed E-state index contributed by atoms with van der Waals surface area (Å²) < 4.78 is 13.3. The molecule has 4 rings (SSSR count). The van der Waals surface area contributed by atoms with E-state index in [1.807, 2.05) is 18.2 Å². The lowest BCUT2D eigenvalue weighted by Gasteiger charge is -2.22. The average molecular weight is 399 g/mol. The maximum Gasteiger partial charge on any atom is 0.254 e. The average Bonchev–Trinajstić information content (AvgIpc) is 3.33. The van der Waals surface area contributed by atoms with Crippen molar-refractivity contribution in [1.82, 2.24) is 10.3 Å². The van der Waals surface area contributed by atoms with Crippen LogP contribution in [0.4, 0.5) is 4.39 Å². The molecule has 28 heavy (non-hydrogen) atoms. The number of carbonyl (C=O) groups excluding carboxylic acids is 1. The number of halogens is 1. The molecule has 0 aliphatic heterocycles. The number of benzene rings is 1. The van der Waals surface area contributed by atoms with Crippen molar-refractivity contribution in [3.63, 3.8) is 0 Å². The van der Waals surface area contributed by atoms with Gasteiger partial charge in [0, 0.05) is 12.7 Å². The second kappa shape index (κ2) is 9.08. The van der Waals surface area contributed by atoms with Gasteiger partial charge in [0.1, 0.15) is 10.8 Å². The number of aryl methyl sites for hydroxylation is 1. The minimum absolute atomic E-state index is 0.0106. The molecule has 2 bridgehead atoms. The van der Waals surface area contributed by atoms with Crippen LogP contribution in [0, 0.1) is 23.6 Å². The Hall–Kier alpha value is -1.88. The van der Waals surface area contributed by atoms with Gasteiger partial charge in [-0.25, -0.2) is 9.37 Å². The predicted octanol–water partition coefficient (Wildman–Crippen LogP) is 5.11. The summed E-state index contributed by atoms with van der Waals surface area (Å²) in [4.78, 5) is 17.1. The minimum atomic E-state index is -0.190. The van der Waals surface area contributed by atoms with Crippen molar-refractivity contribution in [3.05, 3.63) is 59.5 Å². The number of hydrogen-bond acceptors (Lipinski definition) is 3. The zero-order valence-corrected chi connectivity index (χ0v) is 16.9. The van der Waals surface area contributed by atoms with Gasteiger partial charge < -0.3 is 5.32 Å². The van der Waals surface area contributed by atoms with Crippen LogP contribution in [0.15, 0.2) is 47.6 Å². The Morgan fingerprint density at radius 1 is 1.21 bits per heavy atom. The van der Waals surface area contributed by atoms with Crippen LogP contribution in [-0.4, -0.2) is 23.2 Å². The van der Waals surface area contributed by atoms with E-state index in [9.17, 15) is 9.18 Å². The fourth-order valence-electron chi connectivity index (χ4n) is 4.76. The van der Waals surface area contributed by atoms with Crippen LogP contribution in [0.25, 0.3) is 0 Å². The Kier molecular flexibility index (Phi) is 6.30. The van der Waals surface area contributed by atoms with E-state index in [1.54, 1.807) is 30.1 Å². The normalized spacial score (nSPS) is 23.1. The maximum absolute atomic E-state index is 13.3. The van der Waals surface area contributed by atoms with Crippen LogP contribution >= 0.6 is 11.8 Å². The summed E-state index contributed by atoms with van der Waals surface area (Å²) in [7, 11) is 0. The van der Waals surface area contributed by atoms with E-state index in [2.05, 4.69) is 10.3 Å². The molecular weight excluding hydrogens is 371 g/mol. The Balaban J connectivity index is 1.27. The fraction of sp³-hybridized carbons (Fsp3) is 0.478. The molecule has 1 aromatic heterocycles. The number of rotatable bonds is 8. The highest BCUT2D eigenvalue weighted by atomic mass is 32.2. The van der Waals surface area contributed by atoms with Crippen molar-refractivity contribution in [1.29, 1.82) is 0 Å². The third-order valence-corrected chi connectivity index (χ3v) is 7.25. The standard InChI is InChI=1S/C23H27FN2OS/c24-20-6-1-4-16(14-20)5-3-11-28-23-21(7-2-10-25-23)22(27)26-15-19-13-17-8-9-18(19)12-17/h1-2,4,6-7,10,14,17-19H,3,5,8-9,11-13,15H2,(H,26,27). The summed E-state index contributed by atoms with van der Waals surface area (Å²) in [5.74, 6) is 3.01. The molecule has 2 saturated carbocycles. The van der Waals surface area contributed by atoms with Crippen molar-refractivity contribution < 1.29 is 9.18 Å². The summed E-state index contributed by atoms with van der Waals surface area (Å²) in [6.07, 6.45) is 8.83. The van der Waals surface area contributed by atoms with Gasteiger partial charge in [-0.2, -0.15) is 0 Å². The molecule has 1 aromatic carbocycles. The van der Waals surface area contributed by atoms with Crippen molar-refractivity contribution in [2.45, 2.75) is 43.6 Å². The van der Waals surface area contributed by atoms with Crippen molar-refractivity contribution in [2.24, 2.45) is 17.8 Å². The van der Waals surface area contributed by atoms with E-state index in [1.165, 1.54) is 31.7 Å². The van der Waals surface area contributed by atoms with Crippen molar-refractivity contribution >= 4 is 17.7 Å². The molecular formula is C23H27FN2OS. The number of hydrogen-bond donors (Lipinski definition) is 1. The maximum atomic E-state index is 13.3. The largest absolute Gasteiger partial charge is 0.352 e. The zero-order chi connectivity index (χ0) is 19.3. The topological polar surface area (TPSA) is 42.0 Å². The molecule has 0 spiro atoms. The first-order chi connectivity index (χ1) is 13.7. The lowest BCUT2D eigenvalue weighted by Crippen LogP contribution is -2.32. The highest BCUT2D eigenvalue weighted by molar-refractivity contribution is 7.99. The number of fused-ring (bicyclic) bond motifs is 2. The second-order valence-electron chi connectivity index (χ2n) is 8.08. The van der Waals surface area contributed by atoms with E-state index in [0.29, 0.717) is 11.5 Å². The molecule has 0 saturated heterocycles. The summed E-state index contributed by atoms with van der Waals surface area (Å²) in [5.41, 5.74) is 1.67. The number of nitrogens with zero attached hydrogens (tertiary/aromatic N) is 1. The molecule has 2 aliphatic carbocycles. The number of carbonyl (C=O) groups is 1. The molecule has 5 heteroatoms.